The van der Waals surface area contributed by atoms with E-state index >= 15 is 0 Å². The number of nitrogens with two attached hydrogens (primary N) is 1. The molecule has 0 saturated carbocycles. The molecule has 8 heteroatoms. The van der Waals surface area contributed by atoms with E-state index in [0.29, 0.717) is 13.0 Å². The molecule has 264 valence electrons. The molecule has 0 unspecified atom stereocenters. The number of unbranched alkanes of at least 4 members (excludes halogenated alkanes) is 10. The second-order valence-electron chi connectivity index (χ2n) is 14.3. The van der Waals surface area contributed by atoms with Gasteiger partial charge in [0.05, 0.1) is 17.9 Å². The van der Waals surface area contributed by atoms with Crippen molar-refractivity contribution in [2.24, 2.45) is 11.7 Å². The van der Waals surface area contributed by atoms with Gasteiger partial charge in [-0.2, -0.15) is 4.58 Å². The van der Waals surface area contributed by atoms with Crippen LogP contribution in [0.1, 0.15) is 136 Å². The van der Waals surface area contributed by atoms with Gasteiger partial charge in [-0.3, -0.25) is 19.2 Å². The van der Waals surface area contributed by atoms with Crippen molar-refractivity contribution in [2.45, 2.75) is 142 Å². The molecule has 48 heavy (non-hydrogen) atoms. The van der Waals surface area contributed by atoms with Crippen molar-refractivity contribution in [3.8, 4) is 0 Å². The van der Waals surface area contributed by atoms with E-state index in [9.17, 15) is 19.2 Å². The van der Waals surface area contributed by atoms with Gasteiger partial charge < -0.3 is 16.4 Å². The molecule has 0 radical (unpaired) electrons. The minimum absolute atomic E-state index is 0.0733. The Kier molecular flexibility index (Phi) is 15.8. The van der Waals surface area contributed by atoms with Gasteiger partial charge in [-0.1, -0.05) is 102 Å². The Labute approximate surface area is 288 Å². The smallest absolute Gasteiger partial charge is 0.223 e. The number of primary amides is 1. The van der Waals surface area contributed by atoms with E-state index in [0.717, 1.165) is 32.2 Å². The number of nitrogens with zero attached hydrogens (tertiary/aromatic N) is 1. The van der Waals surface area contributed by atoms with Crippen LogP contribution in [-0.4, -0.2) is 52.9 Å². The fraction of sp³-hybridized carbons (Fsp3) is 0.625. The maximum atomic E-state index is 13.1. The maximum absolute atomic E-state index is 13.1. The number of nitrogens with one attached hydrogen (secondary N) is 2. The van der Waals surface area contributed by atoms with Crippen LogP contribution in [0.5, 0.6) is 0 Å². The van der Waals surface area contributed by atoms with Crippen LogP contribution in [-0.2, 0) is 24.6 Å². The zero-order valence-corrected chi connectivity index (χ0v) is 30.3. The molecule has 2 aromatic rings. The number of carbonyl (C=O) groups excluding carboxylic acids is 4. The summed E-state index contributed by atoms with van der Waals surface area (Å²) in [5.74, 6) is -2.08. The molecule has 0 saturated heterocycles. The summed E-state index contributed by atoms with van der Waals surface area (Å²) in [6.45, 7) is 11.9. The molecule has 0 fully saturated rings. The van der Waals surface area contributed by atoms with Gasteiger partial charge in [0.2, 0.25) is 23.4 Å². The number of Topliss-reactive ketones (excluding diaryl/α,β-unsaturated/α-hetero) is 1. The number of fused-ring (bicyclic) bond motifs is 3. The summed E-state index contributed by atoms with van der Waals surface area (Å²) in [6.07, 6.45) is 13.8. The van der Waals surface area contributed by atoms with Crippen molar-refractivity contribution in [3.63, 3.8) is 0 Å². The molecule has 2 atom stereocenters. The molecule has 0 spiro atoms. The van der Waals surface area contributed by atoms with Crippen molar-refractivity contribution in [3.05, 3.63) is 42.0 Å². The zero-order valence-electron chi connectivity index (χ0n) is 30.3. The monoisotopic (exact) mass is 661 g/mol. The Morgan fingerprint density at radius 2 is 1.46 bits per heavy atom. The molecule has 0 aliphatic carbocycles. The van der Waals surface area contributed by atoms with Gasteiger partial charge in [0.15, 0.2) is 18.0 Å². The number of carbonyl (C=O) groups is 4. The lowest BCUT2D eigenvalue weighted by Gasteiger charge is -2.18. The van der Waals surface area contributed by atoms with E-state index in [1.807, 2.05) is 0 Å². The minimum atomic E-state index is -1.01. The summed E-state index contributed by atoms with van der Waals surface area (Å²) in [4.78, 5) is 50.3. The highest BCUT2D eigenvalue weighted by Gasteiger charge is 2.44. The molecule has 0 bridgehead atoms. The molecule has 1 heterocycles. The van der Waals surface area contributed by atoms with Crippen molar-refractivity contribution < 1.29 is 23.8 Å². The van der Waals surface area contributed by atoms with Crippen LogP contribution < -0.4 is 16.4 Å². The summed E-state index contributed by atoms with van der Waals surface area (Å²) < 4.78 is 2.36. The van der Waals surface area contributed by atoms with Crippen LogP contribution in [0.15, 0.2) is 36.4 Å². The molecular formula is C40H61N4O4+. The average Bonchev–Trinajstić information content (AvgIpc) is 3.25. The largest absolute Gasteiger partial charge is 0.370 e. The van der Waals surface area contributed by atoms with Crippen molar-refractivity contribution in [1.82, 2.24) is 10.6 Å². The van der Waals surface area contributed by atoms with Gasteiger partial charge in [0, 0.05) is 50.3 Å². The van der Waals surface area contributed by atoms with Gasteiger partial charge >= 0.3 is 0 Å². The summed E-state index contributed by atoms with van der Waals surface area (Å²) in [7, 11) is 0. The van der Waals surface area contributed by atoms with Crippen LogP contribution >= 0.6 is 0 Å². The first kappa shape index (κ1) is 38.9. The first-order valence-electron chi connectivity index (χ1n) is 18.5. The van der Waals surface area contributed by atoms with Gasteiger partial charge in [-0.25, -0.2) is 0 Å². The van der Waals surface area contributed by atoms with Crippen LogP contribution in [0.25, 0.3) is 10.8 Å². The molecule has 1 aliphatic heterocycles. The first-order valence-corrected chi connectivity index (χ1v) is 18.5. The molecule has 8 nitrogen and oxygen atoms in total. The fourth-order valence-electron chi connectivity index (χ4n) is 6.95. The molecule has 3 rings (SSSR count). The molecule has 3 amide bonds. The molecule has 4 N–H and O–H groups in total. The summed E-state index contributed by atoms with van der Waals surface area (Å²) in [6, 6.07) is 11.8. The summed E-state index contributed by atoms with van der Waals surface area (Å²) in [5.41, 5.74) is 9.14. The van der Waals surface area contributed by atoms with Crippen molar-refractivity contribution in [1.29, 1.82) is 0 Å². The number of hydrogen-bond donors (Lipinski definition) is 3. The first-order chi connectivity index (χ1) is 23.0. The van der Waals surface area contributed by atoms with Crippen LogP contribution in [0.4, 0.5) is 5.69 Å². The maximum Gasteiger partial charge on any atom is 0.223 e. The standard InChI is InChI=1S/C40H60N4O4/c1-6-7-8-9-10-11-12-13-14-15-16-22-37(47)43-33(28-36(41)46)35(45)27-29(2)39(48)42-25-19-26-44-30(3)40(4,5)38-32-21-18-17-20-31(32)23-24-34(38)44/h17-18,20-21,23-24,29,33H,6-16,19,22,25-28H2,1-5H3,(H3-,41,42,43,46,47,48)/p+1/t29-,33-/m0/s1. The predicted octanol–water partition coefficient (Wildman–Crippen LogP) is 7.40. The SMILES string of the molecule is CCCCCCCCCCCCCC(=O)N[C@@H](CC(N)=O)C(=O)C[C@H](C)C(=O)NCCC[N+]1=C(C)C(C)(C)c2c1ccc1ccccc21. The Hall–Kier alpha value is -3.55. The minimum Gasteiger partial charge on any atom is -0.370 e. The van der Waals surface area contributed by atoms with Crippen LogP contribution in [0.3, 0.4) is 0 Å². The second kappa shape index (κ2) is 19.4. The topological polar surface area (TPSA) is 121 Å². The molecule has 1 aliphatic rings. The van der Waals surface area contributed by atoms with Crippen LogP contribution in [0, 0.1) is 5.92 Å². The average molecular weight is 662 g/mol. The summed E-state index contributed by atoms with van der Waals surface area (Å²) >= 11 is 0. The second-order valence-corrected chi connectivity index (χ2v) is 14.3. The normalized spacial score (nSPS) is 14.9. The quantitative estimate of drug-likeness (QED) is 0.0849. The number of benzene rings is 2. The molecule has 2 aromatic carbocycles. The zero-order chi connectivity index (χ0) is 35.1. The van der Waals surface area contributed by atoms with Crippen LogP contribution in [0.2, 0.25) is 0 Å². The van der Waals surface area contributed by atoms with E-state index in [2.05, 4.69) is 79.3 Å². The highest BCUT2D eigenvalue weighted by Crippen LogP contribution is 2.43. The van der Waals surface area contributed by atoms with Gasteiger partial charge in [0.25, 0.3) is 0 Å². The molecular weight excluding hydrogens is 600 g/mol. The third kappa shape index (κ3) is 11.3. The lowest BCUT2D eigenvalue weighted by molar-refractivity contribution is -0.439. The summed E-state index contributed by atoms with van der Waals surface area (Å²) in [5, 5.41) is 8.20. The third-order valence-corrected chi connectivity index (χ3v) is 10.1. The van der Waals surface area contributed by atoms with Gasteiger partial charge in [-0.15, -0.1) is 0 Å². The van der Waals surface area contributed by atoms with Gasteiger partial charge in [-0.05, 0) is 37.1 Å². The third-order valence-electron chi connectivity index (χ3n) is 10.1. The van der Waals surface area contributed by atoms with E-state index < -0.39 is 17.9 Å². The highest BCUT2D eigenvalue weighted by molar-refractivity contribution is 6.01. The number of rotatable bonds is 23. The van der Waals surface area contributed by atoms with E-state index in [1.165, 1.54) is 79.1 Å². The Bertz CT molecular complexity index is 1430. The highest BCUT2D eigenvalue weighted by atomic mass is 16.2. The number of ketones is 1. The Balaban J connectivity index is 1.39. The van der Waals surface area contributed by atoms with E-state index in [1.54, 1.807) is 6.92 Å². The fourth-order valence-corrected chi connectivity index (χ4v) is 6.95. The Morgan fingerprint density at radius 3 is 2.10 bits per heavy atom. The number of hydrogen-bond acceptors (Lipinski definition) is 4. The van der Waals surface area contributed by atoms with E-state index in [4.69, 9.17) is 5.73 Å². The lowest BCUT2D eigenvalue weighted by atomic mass is 9.80. The molecule has 0 aromatic heterocycles. The lowest BCUT2D eigenvalue weighted by Crippen LogP contribution is -2.44. The predicted molar refractivity (Wildman–Crippen MR) is 196 cm³/mol. The van der Waals surface area contributed by atoms with Crippen molar-refractivity contribution in [2.75, 3.05) is 13.1 Å². The Morgan fingerprint density at radius 1 is 0.833 bits per heavy atom. The van der Waals surface area contributed by atoms with Crippen molar-refractivity contribution >= 4 is 45.7 Å². The number of amides is 3. The van der Waals surface area contributed by atoms with Gasteiger partial charge in [0.1, 0.15) is 0 Å². The van der Waals surface area contributed by atoms with E-state index in [-0.39, 0.29) is 35.9 Å².